The summed E-state index contributed by atoms with van der Waals surface area (Å²) in [6.07, 6.45) is 52.9. The Labute approximate surface area is 491 Å². The number of hydrogen-bond acceptors (Lipinski definition) is 13. The Kier molecular flexibility index (Phi) is 47.7. The first-order valence-electron chi connectivity index (χ1n) is 32.7. The van der Waals surface area contributed by atoms with E-state index in [1.54, 1.807) is 12.2 Å². The second-order valence-electron chi connectivity index (χ2n) is 22.9. The lowest BCUT2D eigenvalue weighted by atomic mass is 9.97. The van der Waals surface area contributed by atoms with Crippen LogP contribution < -0.4 is 5.32 Å². The van der Waals surface area contributed by atoms with Gasteiger partial charge in [0.15, 0.2) is 12.6 Å². The summed E-state index contributed by atoms with van der Waals surface area (Å²) in [5.74, 6) is -0.366. The lowest BCUT2D eigenvalue weighted by molar-refractivity contribution is -0.359. The summed E-state index contributed by atoms with van der Waals surface area (Å²) in [6.45, 7) is 2.63. The predicted molar refractivity (Wildman–Crippen MR) is 327 cm³/mol. The van der Waals surface area contributed by atoms with Crippen molar-refractivity contribution in [3.8, 4) is 0 Å². The zero-order chi connectivity index (χ0) is 58.8. The average Bonchev–Trinajstić information content (AvgIpc) is 3.47. The molecule has 0 spiro atoms. The number of carbonyl (C=O) groups is 1. The molecular formula is C67H119NO13. The highest BCUT2D eigenvalue weighted by molar-refractivity contribution is 5.77. The zero-order valence-corrected chi connectivity index (χ0v) is 50.8. The van der Waals surface area contributed by atoms with E-state index in [0.29, 0.717) is 6.42 Å². The summed E-state index contributed by atoms with van der Waals surface area (Å²) < 4.78 is 22.7. The van der Waals surface area contributed by atoms with Crippen LogP contribution in [0.1, 0.15) is 251 Å². The van der Waals surface area contributed by atoms with E-state index in [1.807, 2.05) is 18.2 Å². The average molecular weight is 1150 g/mol. The van der Waals surface area contributed by atoms with Gasteiger partial charge in [-0.3, -0.25) is 4.79 Å². The van der Waals surface area contributed by atoms with Gasteiger partial charge in [0, 0.05) is 6.42 Å². The fourth-order valence-corrected chi connectivity index (χ4v) is 10.5. The molecule has 0 saturated carbocycles. The summed E-state index contributed by atoms with van der Waals surface area (Å²) in [5, 5.41) is 87.1. The number of ether oxygens (including phenoxy) is 4. The smallest absolute Gasteiger partial charge is 0.224 e. The zero-order valence-electron chi connectivity index (χ0n) is 50.8. The van der Waals surface area contributed by atoms with Crippen LogP contribution in [0.4, 0.5) is 0 Å². The first-order valence-corrected chi connectivity index (χ1v) is 32.7. The lowest BCUT2D eigenvalue weighted by Gasteiger charge is -2.46. The van der Waals surface area contributed by atoms with Crippen LogP contribution in [0.2, 0.25) is 0 Å². The Bertz CT molecular complexity index is 1630. The summed E-state index contributed by atoms with van der Waals surface area (Å²) in [5.41, 5.74) is 0. The van der Waals surface area contributed by atoms with Gasteiger partial charge in [-0.05, 0) is 44.9 Å². The van der Waals surface area contributed by atoms with Crippen molar-refractivity contribution in [3.05, 3.63) is 72.9 Å². The largest absolute Gasteiger partial charge is 0.394 e. The van der Waals surface area contributed by atoms with E-state index in [0.717, 1.165) is 51.4 Å². The number of hydrogen-bond donors (Lipinski definition) is 9. The molecule has 81 heavy (non-hydrogen) atoms. The maximum Gasteiger partial charge on any atom is 0.224 e. The summed E-state index contributed by atoms with van der Waals surface area (Å²) in [7, 11) is 0. The Morgan fingerprint density at radius 2 is 0.840 bits per heavy atom. The van der Waals surface area contributed by atoms with Crippen molar-refractivity contribution in [3.63, 3.8) is 0 Å². The minimum atomic E-state index is -1.80. The number of rotatable bonds is 52. The van der Waals surface area contributed by atoms with Gasteiger partial charge < -0.3 is 65.1 Å². The molecule has 9 N–H and O–H groups in total. The number of amides is 1. The molecule has 14 nitrogen and oxygen atoms in total. The van der Waals surface area contributed by atoms with Gasteiger partial charge in [0.05, 0.1) is 32.0 Å². The van der Waals surface area contributed by atoms with E-state index < -0.39 is 86.8 Å². The van der Waals surface area contributed by atoms with Crippen molar-refractivity contribution >= 4 is 5.91 Å². The van der Waals surface area contributed by atoms with E-state index in [1.165, 1.54) is 173 Å². The normalized spacial score (nSPS) is 24.6. The maximum atomic E-state index is 13.2. The van der Waals surface area contributed by atoms with Gasteiger partial charge in [0.25, 0.3) is 0 Å². The van der Waals surface area contributed by atoms with Crippen LogP contribution in [0.15, 0.2) is 72.9 Å². The van der Waals surface area contributed by atoms with Gasteiger partial charge in [-0.25, -0.2) is 0 Å². The van der Waals surface area contributed by atoms with E-state index in [4.69, 9.17) is 18.9 Å². The fraction of sp³-hybridized carbons (Fsp3) is 0.806. The van der Waals surface area contributed by atoms with E-state index >= 15 is 0 Å². The van der Waals surface area contributed by atoms with E-state index in [9.17, 15) is 45.6 Å². The van der Waals surface area contributed by atoms with E-state index in [2.05, 4.69) is 61.7 Å². The standard InChI is InChI=1S/C67H119NO13/c1-3-5-7-9-11-13-15-17-19-20-21-22-23-24-25-26-27-28-29-30-31-32-33-34-35-37-38-40-42-44-46-48-50-56(71)55(68-59(72)51-49-47-45-43-41-39-36-18-16-14-12-10-8-6-4-2)54-78-66-64(77)62(75)65(58(53-70)80-66)81-67-63(76)61(74)60(73)57(52-69)79-67/h6,8,12,14,18,36,41,43,47-50,55-58,60-67,69-71,73-77H,3-5,7,9-11,13,15-17,19-35,37-40,42,44-46,51-54H2,1-2H3,(H,68,72)/b8-6-,14-12-,36-18-,43-41-,49-47-,50-48+. The lowest BCUT2D eigenvalue weighted by Crippen LogP contribution is -2.65. The molecule has 470 valence electrons. The molecule has 12 unspecified atom stereocenters. The highest BCUT2D eigenvalue weighted by Crippen LogP contribution is 2.30. The molecule has 0 aromatic heterocycles. The molecule has 2 heterocycles. The SMILES string of the molecule is CC/C=C\C/C=C\C/C=C\C/C=C\C/C=C\CC(=O)NC(COC1OC(CO)C(OC2OC(CO)C(O)C(O)C2O)C(O)C1O)C(O)/C=C/CCCCCCCCCCCCCCCCCCCCCCCCCCCCCCCC. The van der Waals surface area contributed by atoms with Crippen LogP contribution in [0.3, 0.4) is 0 Å². The Morgan fingerprint density at radius 1 is 0.457 bits per heavy atom. The molecule has 0 bridgehead atoms. The van der Waals surface area contributed by atoms with Gasteiger partial charge in [0.2, 0.25) is 5.91 Å². The first kappa shape index (κ1) is 74.5. The van der Waals surface area contributed by atoms with Gasteiger partial charge in [0.1, 0.15) is 48.8 Å². The highest BCUT2D eigenvalue weighted by Gasteiger charge is 2.51. The Hall–Kier alpha value is -2.57. The summed E-state index contributed by atoms with van der Waals surface area (Å²) in [6, 6.07) is -0.974. The predicted octanol–water partition coefficient (Wildman–Crippen LogP) is 12.3. The third kappa shape index (κ3) is 36.8. The van der Waals surface area contributed by atoms with Crippen LogP contribution in [-0.4, -0.2) is 140 Å². The van der Waals surface area contributed by atoms with Crippen LogP contribution in [-0.2, 0) is 23.7 Å². The molecule has 2 fully saturated rings. The monoisotopic (exact) mass is 1150 g/mol. The quantitative estimate of drug-likeness (QED) is 0.0204. The van der Waals surface area contributed by atoms with Crippen LogP contribution in [0.5, 0.6) is 0 Å². The molecule has 0 aromatic rings. The number of aliphatic hydroxyl groups is 8. The minimum absolute atomic E-state index is 0.0466. The molecular weight excluding hydrogens is 1030 g/mol. The van der Waals surface area contributed by atoms with Gasteiger partial charge in [-0.1, -0.05) is 273 Å². The molecule has 0 radical (unpaired) electrons. The number of carbonyl (C=O) groups excluding carboxylic acids is 1. The highest BCUT2D eigenvalue weighted by atomic mass is 16.7. The third-order valence-electron chi connectivity index (χ3n) is 15.7. The number of aliphatic hydroxyl groups excluding tert-OH is 8. The summed E-state index contributed by atoms with van der Waals surface area (Å²) in [4.78, 5) is 13.2. The first-order chi connectivity index (χ1) is 39.6. The molecule has 0 aromatic carbocycles. The van der Waals surface area contributed by atoms with Gasteiger partial charge in [-0.2, -0.15) is 0 Å². The number of allylic oxidation sites excluding steroid dienone is 10. The van der Waals surface area contributed by atoms with Crippen LogP contribution in [0, 0.1) is 0 Å². The fourth-order valence-electron chi connectivity index (χ4n) is 10.5. The van der Waals surface area contributed by atoms with Crippen molar-refractivity contribution in [1.82, 2.24) is 5.32 Å². The number of nitrogens with one attached hydrogen (secondary N) is 1. The second-order valence-corrected chi connectivity index (χ2v) is 22.9. The molecule has 2 aliphatic rings. The van der Waals surface area contributed by atoms with Crippen molar-refractivity contribution in [2.45, 2.75) is 325 Å². The second kappa shape index (κ2) is 51.8. The minimum Gasteiger partial charge on any atom is -0.394 e. The molecule has 2 aliphatic heterocycles. The molecule has 2 rings (SSSR count). The molecule has 14 heteroatoms. The van der Waals surface area contributed by atoms with E-state index in [-0.39, 0.29) is 18.9 Å². The molecule has 0 aliphatic carbocycles. The van der Waals surface area contributed by atoms with Crippen LogP contribution in [0.25, 0.3) is 0 Å². The van der Waals surface area contributed by atoms with Crippen molar-refractivity contribution in [2.24, 2.45) is 0 Å². The Morgan fingerprint density at radius 3 is 1.26 bits per heavy atom. The van der Waals surface area contributed by atoms with Crippen molar-refractivity contribution in [1.29, 1.82) is 0 Å². The number of unbranched alkanes of at least 4 members (excludes halogenated alkanes) is 30. The summed E-state index contributed by atoms with van der Waals surface area (Å²) >= 11 is 0. The topological polar surface area (TPSA) is 228 Å². The van der Waals surface area contributed by atoms with Gasteiger partial charge >= 0.3 is 0 Å². The Balaban J connectivity index is 1.68. The van der Waals surface area contributed by atoms with Crippen molar-refractivity contribution < 1.29 is 64.6 Å². The molecule has 1 amide bonds. The molecule has 12 atom stereocenters. The van der Waals surface area contributed by atoms with Crippen molar-refractivity contribution in [2.75, 3.05) is 19.8 Å². The molecule has 2 saturated heterocycles. The third-order valence-corrected chi connectivity index (χ3v) is 15.7. The van der Waals surface area contributed by atoms with Crippen LogP contribution >= 0.6 is 0 Å². The van der Waals surface area contributed by atoms with Gasteiger partial charge in [-0.15, -0.1) is 0 Å². The maximum absolute atomic E-state index is 13.2.